The van der Waals surface area contributed by atoms with Gasteiger partial charge in [-0.25, -0.2) is 0 Å². The van der Waals surface area contributed by atoms with Crippen LogP contribution >= 0.6 is 0 Å². The molecule has 0 aromatic heterocycles. The van der Waals surface area contributed by atoms with Crippen molar-refractivity contribution >= 4 is 16.8 Å². The molecule has 53 heavy (non-hydrogen) atoms. The van der Waals surface area contributed by atoms with E-state index in [1.807, 2.05) is 96.1 Å². The summed E-state index contributed by atoms with van der Waals surface area (Å²) in [4.78, 5) is 0. The SMILES string of the molecule is CCCOc1ccc(C2(c3ccc(OC(C)(C)COC(C)(C)C)cc3)C=Cc3c4c(c5ccc(OC)cc5c3O2)-c2ccc(OC)cc2C4(C)O)cc1. The molecule has 2 atom stereocenters. The molecule has 5 aromatic rings. The molecule has 1 aliphatic heterocycles. The topological polar surface area (TPSA) is 75.6 Å². The standard InChI is InChI=1S/C46H50O7/c1-10-25-50-31-15-11-29(12-16-31)46(30-13-17-32(18-14-30)52-44(5,6)28-51-43(2,3)4)24-23-37-41-40(35-21-19-33(48-8)26-38(35)42(37)53-46)36-22-20-34(49-9)27-39(36)45(41,7)47/h11-24,26-27,47H,10,25,28H2,1-9H3. The first-order valence-electron chi connectivity index (χ1n) is 18.3. The van der Waals surface area contributed by atoms with Gasteiger partial charge < -0.3 is 33.5 Å². The molecule has 0 radical (unpaired) electrons. The predicted molar refractivity (Wildman–Crippen MR) is 211 cm³/mol. The molecular formula is C46H50O7. The fourth-order valence-corrected chi connectivity index (χ4v) is 7.44. The summed E-state index contributed by atoms with van der Waals surface area (Å²) in [7, 11) is 3.31. The highest BCUT2D eigenvalue weighted by atomic mass is 16.6. The summed E-state index contributed by atoms with van der Waals surface area (Å²) in [5, 5.41) is 14.2. The largest absolute Gasteiger partial charge is 0.497 e. The summed E-state index contributed by atoms with van der Waals surface area (Å²) >= 11 is 0. The number of methoxy groups -OCH3 is 2. The van der Waals surface area contributed by atoms with Gasteiger partial charge in [0.2, 0.25) is 0 Å². The second-order valence-electron chi connectivity index (χ2n) is 15.7. The van der Waals surface area contributed by atoms with Gasteiger partial charge in [0.15, 0.2) is 5.60 Å². The Morgan fingerprint density at radius 2 is 1.34 bits per heavy atom. The minimum Gasteiger partial charge on any atom is -0.497 e. The lowest BCUT2D eigenvalue weighted by molar-refractivity contribution is -0.0723. The molecule has 2 unspecified atom stereocenters. The van der Waals surface area contributed by atoms with Crippen molar-refractivity contribution in [3.63, 3.8) is 0 Å². The molecule has 2 aliphatic rings. The molecule has 0 saturated carbocycles. The van der Waals surface area contributed by atoms with E-state index in [0.29, 0.717) is 30.5 Å². The third-order valence-corrected chi connectivity index (χ3v) is 10.0. The summed E-state index contributed by atoms with van der Waals surface area (Å²) < 4.78 is 37.2. The van der Waals surface area contributed by atoms with Crippen LogP contribution in [0, 0.1) is 0 Å². The zero-order valence-corrected chi connectivity index (χ0v) is 32.3. The molecule has 0 fully saturated rings. The second-order valence-corrected chi connectivity index (χ2v) is 15.7. The maximum atomic E-state index is 12.4. The van der Waals surface area contributed by atoms with Crippen LogP contribution in [0.15, 0.2) is 91.0 Å². The van der Waals surface area contributed by atoms with E-state index in [4.69, 9.17) is 28.4 Å². The van der Waals surface area contributed by atoms with Crippen molar-refractivity contribution in [3.8, 4) is 39.9 Å². The average Bonchev–Trinajstić information content (AvgIpc) is 3.38. The monoisotopic (exact) mass is 714 g/mol. The molecule has 0 spiro atoms. The van der Waals surface area contributed by atoms with Crippen molar-refractivity contribution in [2.24, 2.45) is 0 Å². The summed E-state index contributed by atoms with van der Waals surface area (Å²) in [5.41, 5.74) is 3.01. The molecule has 7 nitrogen and oxygen atoms in total. The zero-order valence-electron chi connectivity index (χ0n) is 32.3. The molecule has 1 N–H and O–H groups in total. The van der Waals surface area contributed by atoms with Gasteiger partial charge in [-0.3, -0.25) is 0 Å². The molecule has 5 aromatic carbocycles. The summed E-state index contributed by atoms with van der Waals surface area (Å²) in [6.07, 6.45) is 5.12. The van der Waals surface area contributed by atoms with Crippen molar-refractivity contribution < 1.29 is 33.5 Å². The third kappa shape index (κ3) is 6.62. The number of hydrogen-bond acceptors (Lipinski definition) is 7. The van der Waals surface area contributed by atoms with Crippen LogP contribution in [0.5, 0.6) is 28.7 Å². The van der Waals surface area contributed by atoms with E-state index in [1.54, 1.807) is 14.2 Å². The molecule has 7 rings (SSSR count). The van der Waals surface area contributed by atoms with E-state index in [9.17, 15) is 5.11 Å². The Balaban J connectivity index is 1.39. The maximum Gasteiger partial charge on any atom is 0.178 e. The lowest BCUT2D eigenvalue weighted by atomic mass is 9.80. The normalized spacial score (nSPS) is 18.9. The molecule has 0 amide bonds. The van der Waals surface area contributed by atoms with Crippen molar-refractivity contribution in [1.82, 2.24) is 0 Å². The van der Waals surface area contributed by atoms with E-state index >= 15 is 0 Å². The lowest BCUT2D eigenvalue weighted by Crippen LogP contribution is -2.38. The lowest BCUT2D eigenvalue weighted by Gasteiger charge is -2.38. The fraction of sp³-hybridized carbons (Fsp3) is 0.348. The minimum absolute atomic E-state index is 0.271. The first kappa shape index (κ1) is 36.4. The number of aliphatic hydroxyl groups is 1. The number of rotatable bonds is 11. The van der Waals surface area contributed by atoms with Crippen molar-refractivity contribution in [3.05, 3.63) is 119 Å². The van der Waals surface area contributed by atoms with Gasteiger partial charge in [0, 0.05) is 27.6 Å². The van der Waals surface area contributed by atoms with Gasteiger partial charge in [0.25, 0.3) is 0 Å². The molecule has 276 valence electrons. The number of fused-ring (bicyclic) bond motifs is 8. The fourth-order valence-electron chi connectivity index (χ4n) is 7.44. The number of benzene rings is 5. The van der Waals surface area contributed by atoms with Gasteiger partial charge in [-0.15, -0.1) is 0 Å². The summed E-state index contributed by atoms with van der Waals surface area (Å²) in [6.45, 7) is 15.2. The Hall–Kier alpha value is -4.98. The highest BCUT2D eigenvalue weighted by Gasteiger charge is 2.46. The second kappa shape index (κ2) is 13.5. The number of hydrogen-bond donors (Lipinski definition) is 1. The van der Waals surface area contributed by atoms with Crippen LogP contribution in [0.25, 0.3) is 28.0 Å². The van der Waals surface area contributed by atoms with E-state index in [0.717, 1.165) is 67.6 Å². The smallest absolute Gasteiger partial charge is 0.178 e. The Morgan fingerprint density at radius 1 is 0.736 bits per heavy atom. The van der Waals surface area contributed by atoms with Crippen LogP contribution in [0.1, 0.15) is 82.7 Å². The van der Waals surface area contributed by atoms with Gasteiger partial charge in [0.1, 0.15) is 39.9 Å². The molecule has 0 saturated heterocycles. The van der Waals surface area contributed by atoms with E-state index in [1.165, 1.54) is 0 Å². The van der Waals surface area contributed by atoms with Crippen LogP contribution in [-0.2, 0) is 15.9 Å². The molecule has 1 heterocycles. The zero-order chi connectivity index (χ0) is 37.8. The van der Waals surface area contributed by atoms with Crippen molar-refractivity contribution in [2.75, 3.05) is 27.4 Å². The first-order chi connectivity index (χ1) is 25.2. The molecule has 7 heteroatoms. The Kier molecular flexibility index (Phi) is 9.24. The van der Waals surface area contributed by atoms with Crippen molar-refractivity contribution in [2.45, 2.75) is 77.3 Å². The summed E-state index contributed by atoms with van der Waals surface area (Å²) in [6, 6.07) is 28.1. The van der Waals surface area contributed by atoms with Gasteiger partial charge in [-0.05, 0) is 131 Å². The minimum atomic E-state index is -1.31. The van der Waals surface area contributed by atoms with Crippen molar-refractivity contribution in [1.29, 1.82) is 0 Å². The third-order valence-electron chi connectivity index (χ3n) is 10.0. The van der Waals surface area contributed by atoms with E-state index in [2.05, 4.69) is 49.4 Å². The quantitative estimate of drug-likeness (QED) is 0.146. The molecular weight excluding hydrogens is 664 g/mol. The molecule has 0 bridgehead atoms. The van der Waals surface area contributed by atoms with Crippen LogP contribution in [0.2, 0.25) is 0 Å². The van der Waals surface area contributed by atoms with E-state index < -0.39 is 16.8 Å². The van der Waals surface area contributed by atoms with Gasteiger partial charge in [0.05, 0.1) is 33.0 Å². The van der Waals surface area contributed by atoms with Crippen LogP contribution < -0.4 is 23.7 Å². The average molecular weight is 715 g/mol. The Labute approximate surface area is 313 Å². The maximum absolute atomic E-state index is 12.4. The number of ether oxygens (including phenoxy) is 6. The van der Waals surface area contributed by atoms with Crippen LogP contribution in [0.3, 0.4) is 0 Å². The Morgan fingerprint density at radius 3 is 1.96 bits per heavy atom. The molecule has 1 aliphatic carbocycles. The highest BCUT2D eigenvalue weighted by molar-refractivity contribution is 6.08. The van der Waals surface area contributed by atoms with Gasteiger partial charge in [-0.2, -0.15) is 0 Å². The Bertz CT molecular complexity index is 2170. The van der Waals surface area contributed by atoms with Crippen LogP contribution in [-0.4, -0.2) is 43.7 Å². The van der Waals surface area contributed by atoms with Gasteiger partial charge in [-0.1, -0.05) is 43.3 Å². The van der Waals surface area contributed by atoms with Gasteiger partial charge >= 0.3 is 0 Å². The highest BCUT2D eigenvalue weighted by Crippen LogP contribution is 2.58. The van der Waals surface area contributed by atoms with E-state index in [-0.39, 0.29) is 5.60 Å². The summed E-state index contributed by atoms with van der Waals surface area (Å²) in [5.74, 6) is 3.58. The predicted octanol–water partition coefficient (Wildman–Crippen LogP) is 10.2. The van der Waals surface area contributed by atoms with Crippen LogP contribution in [0.4, 0.5) is 0 Å². The first-order valence-corrected chi connectivity index (χ1v) is 18.3.